The average Bonchev–Trinajstić information content (AvgIpc) is 2.50. The van der Waals surface area contributed by atoms with Crippen LogP contribution in [0.4, 0.5) is 0 Å². The molecule has 84 valence electrons. The minimum absolute atomic E-state index is 0.266. The predicted octanol–water partition coefficient (Wildman–Crippen LogP) is 0.0293. The van der Waals surface area contributed by atoms with E-state index in [1.54, 1.807) is 0 Å². The first-order valence-corrected chi connectivity index (χ1v) is 7.03. The molecule has 0 amide bonds. The van der Waals surface area contributed by atoms with Gasteiger partial charge >= 0.3 is 0 Å². The summed E-state index contributed by atoms with van der Waals surface area (Å²) in [5.41, 5.74) is 8.84. The number of hydrogen-bond donors (Lipinski definition) is 2. The third kappa shape index (κ3) is 2.41. The van der Waals surface area contributed by atoms with Crippen LogP contribution >= 0.6 is 0 Å². The largest absolute Gasteiger partial charge is 0.362 e. The zero-order valence-electron chi connectivity index (χ0n) is 8.62. The molecule has 1 aromatic heterocycles. The molecule has 0 aliphatic carbocycles. The quantitative estimate of drug-likeness (QED) is 0.750. The van der Waals surface area contributed by atoms with Gasteiger partial charge in [0.05, 0.1) is 11.5 Å². The summed E-state index contributed by atoms with van der Waals surface area (Å²) in [5, 5.41) is 0. The first-order valence-electron chi connectivity index (χ1n) is 5.21. The third-order valence-corrected chi connectivity index (χ3v) is 4.46. The van der Waals surface area contributed by atoms with Gasteiger partial charge in [0.1, 0.15) is 0 Å². The molecular weight excluding hydrogens is 212 g/mol. The summed E-state index contributed by atoms with van der Waals surface area (Å²) in [5.74, 6) is 0.544. The maximum Gasteiger partial charge on any atom is 0.151 e. The molecular formula is C10H16N2O2S. The van der Waals surface area contributed by atoms with Crippen molar-refractivity contribution in [1.82, 2.24) is 4.98 Å². The van der Waals surface area contributed by atoms with Crippen molar-refractivity contribution in [2.45, 2.75) is 19.3 Å². The lowest BCUT2D eigenvalue weighted by Crippen LogP contribution is -2.11. The number of aromatic amines is 1. The maximum absolute atomic E-state index is 11.4. The van der Waals surface area contributed by atoms with E-state index in [2.05, 4.69) is 11.1 Å². The van der Waals surface area contributed by atoms with Crippen molar-refractivity contribution in [2.75, 3.05) is 18.1 Å². The van der Waals surface area contributed by atoms with Crippen LogP contribution in [0.2, 0.25) is 0 Å². The van der Waals surface area contributed by atoms with Crippen molar-refractivity contribution in [3.63, 3.8) is 0 Å². The van der Waals surface area contributed by atoms with Crippen LogP contribution in [0.5, 0.6) is 0 Å². The van der Waals surface area contributed by atoms with Crippen molar-refractivity contribution in [3.05, 3.63) is 23.0 Å². The number of hydrogen-bond acceptors (Lipinski definition) is 3. The average molecular weight is 228 g/mol. The van der Waals surface area contributed by atoms with Crippen LogP contribution < -0.4 is 5.73 Å². The molecule has 0 saturated carbocycles. The Hall–Kier alpha value is -0.810. The summed E-state index contributed by atoms with van der Waals surface area (Å²) in [4.78, 5) is 3.27. The van der Waals surface area contributed by atoms with Gasteiger partial charge in [-0.2, -0.15) is 0 Å². The Morgan fingerprint density at radius 2 is 2.07 bits per heavy atom. The smallest absolute Gasteiger partial charge is 0.151 e. The highest BCUT2D eigenvalue weighted by Gasteiger charge is 2.19. The minimum atomic E-state index is -2.83. The van der Waals surface area contributed by atoms with Crippen molar-refractivity contribution >= 4 is 9.84 Å². The Bertz CT molecular complexity index is 416. The van der Waals surface area contributed by atoms with E-state index >= 15 is 0 Å². The summed E-state index contributed by atoms with van der Waals surface area (Å²) in [7, 11) is -2.83. The Balaban J connectivity index is 2.22. The number of H-pyrrole nitrogens is 1. The first-order chi connectivity index (χ1) is 7.11. The molecule has 3 N–H and O–H groups in total. The zero-order chi connectivity index (χ0) is 10.9. The second-order valence-corrected chi connectivity index (χ2v) is 6.29. The lowest BCUT2D eigenvalue weighted by Gasteiger charge is -1.97. The van der Waals surface area contributed by atoms with E-state index in [4.69, 9.17) is 5.73 Å². The molecule has 2 heterocycles. The Morgan fingerprint density at radius 1 is 1.33 bits per heavy atom. The van der Waals surface area contributed by atoms with Gasteiger partial charge in [0, 0.05) is 17.8 Å². The highest BCUT2D eigenvalue weighted by Crippen LogP contribution is 2.18. The maximum atomic E-state index is 11.4. The van der Waals surface area contributed by atoms with Gasteiger partial charge < -0.3 is 10.7 Å². The molecule has 5 heteroatoms. The third-order valence-electron chi connectivity index (χ3n) is 2.81. The number of fused-ring (bicyclic) bond motifs is 1. The Labute approximate surface area is 89.8 Å². The lowest BCUT2D eigenvalue weighted by atomic mass is 10.1. The van der Waals surface area contributed by atoms with Crippen LogP contribution in [-0.4, -0.2) is 31.5 Å². The Morgan fingerprint density at radius 3 is 2.80 bits per heavy atom. The van der Waals surface area contributed by atoms with E-state index in [1.165, 1.54) is 0 Å². The molecule has 4 nitrogen and oxygen atoms in total. The Kier molecular flexibility index (Phi) is 2.84. The van der Waals surface area contributed by atoms with Crippen molar-refractivity contribution < 1.29 is 8.42 Å². The van der Waals surface area contributed by atoms with Gasteiger partial charge in [-0.1, -0.05) is 0 Å². The van der Waals surface area contributed by atoms with Crippen LogP contribution in [-0.2, 0) is 29.1 Å². The van der Waals surface area contributed by atoms with Crippen LogP contribution in [0.3, 0.4) is 0 Å². The molecule has 0 radical (unpaired) electrons. The van der Waals surface area contributed by atoms with Gasteiger partial charge in [0.2, 0.25) is 0 Å². The molecule has 1 aromatic rings. The second-order valence-electron chi connectivity index (χ2n) is 3.99. The molecule has 15 heavy (non-hydrogen) atoms. The van der Waals surface area contributed by atoms with Crippen molar-refractivity contribution in [1.29, 1.82) is 0 Å². The van der Waals surface area contributed by atoms with Crippen LogP contribution in [0.15, 0.2) is 6.07 Å². The highest BCUT2D eigenvalue weighted by molar-refractivity contribution is 7.91. The normalized spacial score (nSPS) is 19.5. The van der Waals surface area contributed by atoms with Crippen molar-refractivity contribution in [2.24, 2.45) is 5.73 Å². The van der Waals surface area contributed by atoms with Gasteiger partial charge in [-0.25, -0.2) is 8.42 Å². The van der Waals surface area contributed by atoms with E-state index in [9.17, 15) is 8.42 Å². The first kappa shape index (κ1) is 10.7. The molecule has 0 atom stereocenters. The van der Waals surface area contributed by atoms with Crippen LogP contribution in [0.25, 0.3) is 0 Å². The lowest BCUT2D eigenvalue weighted by molar-refractivity contribution is 0.596. The van der Waals surface area contributed by atoms with E-state index in [1.807, 2.05) is 0 Å². The van der Waals surface area contributed by atoms with Gasteiger partial charge in [-0.05, 0) is 31.0 Å². The minimum Gasteiger partial charge on any atom is -0.362 e. The molecule has 1 aliphatic rings. The molecule has 0 aromatic carbocycles. The molecule has 2 rings (SSSR count). The monoisotopic (exact) mass is 228 g/mol. The number of nitrogens with two attached hydrogens (primary N) is 1. The summed E-state index contributed by atoms with van der Waals surface area (Å²) >= 11 is 0. The number of sulfone groups is 1. The number of aromatic nitrogens is 1. The molecule has 0 bridgehead atoms. The molecule has 0 saturated heterocycles. The molecule has 0 fully saturated rings. The van der Waals surface area contributed by atoms with E-state index in [0.717, 1.165) is 23.4 Å². The van der Waals surface area contributed by atoms with E-state index < -0.39 is 9.84 Å². The fourth-order valence-corrected chi connectivity index (χ4v) is 3.22. The molecule has 0 spiro atoms. The summed E-state index contributed by atoms with van der Waals surface area (Å²) in [6.07, 6.45) is 2.08. The van der Waals surface area contributed by atoms with Crippen molar-refractivity contribution in [3.8, 4) is 0 Å². The van der Waals surface area contributed by atoms with E-state index in [0.29, 0.717) is 19.4 Å². The number of rotatable bonds is 2. The predicted molar refractivity (Wildman–Crippen MR) is 59.6 cm³/mol. The van der Waals surface area contributed by atoms with Crippen LogP contribution in [0, 0.1) is 0 Å². The van der Waals surface area contributed by atoms with Gasteiger partial charge in [0.15, 0.2) is 9.84 Å². The summed E-state index contributed by atoms with van der Waals surface area (Å²) in [6.45, 7) is 0.623. The molecule has 0 unspecified atom stereocenters. The summed E-state index contributed by atoms with van der Waals surface area (Å²) < 4.78 is 22.8. The SMILES string of the molecule is NCCc1cc2c([nH]1)CCS(=O)(=O)CC2. The van der Waals surface area contributed by atoms with Crippen LogP contribution in [0.1, 0.15) is 17.0 Å². The van der Waals surface area contributed by atoms with Gasteiger partial charge in [-0.3, -0.25) is 0 Å². The molecule has 1 aliphatic heterocycles. The number of nitrogens with one attached hydrogen (secondary N) is 1. The van der Waals surface area contributed by atoms with E-state index in [-0.39, 0.29) is 11.5 Å². The number of aryl methyl sites for hydroxylation is 2. The fraction of sp³-hybridized carbons (Fsp3) is 0.600. The zero-order valence-corrected chi connectivity index (χ0v) is 9.44. The summed E-state index contributed by atoms with van der Waals surface area (Å²) in [6, 6.07) is 2.06. The van der Waals surface area contributed by atoms with Gasteiger partial charge in [-0.15, -0.1) is 0 Å². The highest BCUT2D eigenvalue weighted by atomic mass is 32.2. The second kappa shape index (κ2) is 3.98. The topological polar surface area (TPSA) is 76.0 Å². The fourth-order valence-electron chi connectivity index (χ4n) is 1.97. The standard InChI is InChI=1S/C10H16N2O2S/c11-4-1-9-7-8-2-5-15(13,14)6-3-10(8)12-9/h7,12H,1-6,11H2. The van der Waals surface area contributed by atoms with Gasteiger partial charge in [0.25, 0.3) is 0 Å².